The lowest BCUT2D eigenvalue weighted by molar-refractivity contribution is 1.37. The van der Waals surface area contributed by atoms with Crippen molar-refractivity contribution < 1.29 is 0 Å². The third-order valence-electron chi connectivity index (χ3n) is 4.36. The predicted octanol–water partition coefficient (Wildman–Crippen LogP) is 7.82. The van der Waals surface area contributed by atoms with Crippen LogP contribution in [0, 0.1) is 13.8 Å². The number of benzene rings is 4. The van der Waals surface area contributed by atoms with Gasteiger partial charge in [-0.3, -0.25) is 0 Å². The van der Waals surface area contributed by atoms with Crippen molar-refractivity contribution in [1.29, 1.82) is 0 Å². The lowest BCUT2D eigenvalue weighted by Crippen LogP contribution is -1.86. The molecule has 0 N–H and O–H groups in total. The lowest BCUT2D eigenvalue weighted by atomic mass is 9.92. The van der Waals surface area contributed by atoms with Gasteiger partial charge in [-0.1, -0.05) is 88.4 Å². The minimum absolute atomic E-state index is 1.35. The fourth-order valence-electron chi connectivity index (χ4n) is 3.17. The van der Waals surface area contributed by atoms with E-state index in [4.69, 9.17) is 0 Å². The fraction of sp³-hybridized carbons (Fsp3) is 0.250. The molecule has 0 amide bonds. The third-order valence-corrected chi connectivity index (χ3v) is 4.36. The Hall–Kier alpha value is -2.34. The predicted molar refractivity (Wildman–Crippen MR) is 111 cm³/mol. The Bertz CT molecular complexity index is 881. The van der Waals surface area contributed by atoms with Crippen molar-refractivity contribution >= 4 is 32.3 Å². The average Bonchev–Trinajstić information content (AvgIpc) is 2.67. The lowest BCUT2D eigenvalue weighted by Gasteiger charge is -2.12. The maximum Gasteiger partial charge on any atom is -0.00961 e. The van der Waals surface area contributed by atoms with Crippen molar-refractivity contribution in [2.75, 3.05) is 0 Å². The zero-order chi connectivity index (χ0) is 17.7. The summed E-state index contributed by atoms with van der Waals surface area (Å²) in [6.45, 7) is 12.4. The smallest absolute Gasteiger partial charge is 0.00961 e. The maximum atomic E-state index is 2.33. The highest BCUT2D eigenvalue weighted by Crippen LogP contribution is 2.35. The number of aryl methyl sites for hydroxylation is 2. The van der Waals surface area contributed by atoms with Gasteiger partial charge in [-0.2, -0.15) is 0 Å². The SMILES string of the molecule is CC.CC.Cc1cc2c3ccccc3c3ccccc3c2cc1C. The van der Waals surface area contributed by atoms with Crippen molar-refractivity contribution in [3.8, 4) is 0 Å². The van der Waals surface area contributed by atoms with Gasteiger partial charge >= 0.3 is 0 Å². The fourth-order valence-corrected chi connectivity index (χ4v) is 3.17. The van der Waals surface area contributed by atoms with Crippen LogP contribution in [-0.4, -0.2) is 0 Å². The van der Waals surface area contributed by atoms with E-state index in [0.29, 0.717) is 0 Å². The minimum atomic E-state index is 1.35. The first-order chi connectivity index (χ1) is 11.8. The van der Waals surface area contributed by atoms with Crippen LogP contribution in [0.2, 0.25) is 0 Å². The highest BCUT2D eigenvalue weighted by atomic mass is 14.1. The van der Waals surface area contributed by atoms with Crippen LogP contribution in [0.3, 0.4) is 0 Å². The number of hydrogen-bond acceptors (Lipinski definition) is 0. The summed E-state index contributed by atoms with van der Waals surface area (Å²) in [6, 6.07) is 22.1. The molecule has 4 aromatic carbocycles. The van der Waals surface area contributed by atoms with Crippen molar-refractivity contribution in [3.63, 3.8) is 0 Å². The van der Waals surface area contributed by atoms with Crippen LogP contribution >= 0.6 is 0 Å². The summed E-state index contributed by atoms with van der Waals surface area (Å²) >= 11 is 0. The Kier molecular flexibility index (Phi) is 5.98. The molecule has 124 valence electrons. The van der Waals surface area contributed by atoms with E-state index in [1.807, 2.05) is 27.7 Å². The molecule has 24 heavy (non-hydrogen) atoms. The van der Waals surface area contributed by atoms with Gasteiger partial charge in [0, 0.05) is 0 Å². The first-order valence-electron chi connectivity index (χ1n) is 9.06. The zero-order valence-electron chi connectivity index (χ0n) is 15.8. The molecule has 0 saturated carbocycles. The van der Waals surface area contributed by atoms with Gasteiger partial charge in [0.05, 0.1) is 0 Å². The Morgan fingerprint density at radius 3 is 0.958 bits per heavy atom. The Labute approximate surface area is 146 Å². The quantitative estimate of drug-likeness (QED) is 0.290. The second kappa shape index (κ2) is 7.97. The molecule has 0 aliphatic rings. The van der Waals surface area contributed by atoms with Gasteiger partial charge in [0.15, 0.2) is 0 Å². The molecule has 0 aliphatic carbocycles. The van der Waals surface area contributed by atoms with Crippen molar-refractivity contribution in [3.05, 3.63) is 71.8 Å². The van der Waals surface area contributed by atoms with Gasteiger partial charge in [-0.25, -0.2) is 0 Å². The van der Waals surface area contributed by atoms with E-state index in [1.165, 1.54) is 43.4 Å². The van der Waals surface area contributed by atoms with Gasteiger partial charge in [-0.15, -0.1) is 0 Å². The first kappa shape index (κ1) is 18.0. The van der Waals surface area contributed by atoms with Crippen molar-refractivity contribution in [2.24, 2.45) is 0 Å². The molecular formula is C24H28. The summed E-state index contributed by atoms with van der Waals surface area (Å²) < 4.78 is 0. The summed E-state index contributed by atoms with van der Waals surface area (Å²) in [5.41, 5.74) is 2.72. The molecular weight excluding hydrogens is 288 g/mol. The van der Waals surface area contributed by atoms with Crippen LogP contribution in [0.5, 0.6) is 0 Å². The van der Waals surface area contributed by atoms with E-state index >= 15 is 0 Å². The van der Waals surface area contributed by atoms with Gasteiger partial charge in [0.1, 0.15) is 0 Å². The van der Waals surface area contributed by atoms with Crippen LogP contribution < -0.4 is 0 Å². The largest absolute Gasteiger partial charge is 0.0683 e. The number of rotatable bonds is 0. The Morgan fingerprint density at radius 2 is 0.667 bits per heavy atom. The maximum absolute atomic E-state index is 2.33. The van der Waals surface area contributed by atoms with Gasteiger partial charge in [0.25, 0.3) is 0 Å². The van der Waals surface area contributed by atoms with Crippen LogP contribution in [0.4, 0.5) is 0 Å². The molecule has 0 nitrogen and oxygen atoms in total. The molecule has 0 heteroatoms. The molecule has 0 bridgehead atoms. The second-order valence-electron chi connectivity index (χ2n) is 5.57. The molecule has 0 fully saturated rings. The molecule has 0 atom stereocenters. The van der Waals surface area contributed by atoms with E-state index < -0.39 is 0 Å². The van der Waals surface area contributed by atoms with Crippen LogP contribution in [0.1, 0.15) is 38.8 Å². The highest BCUT2D eigenvalue weighted by Gasteiger charge is 2.08. The van der Waals surface area contributed by atoms with Crippen LogP contribution in [-0.2, 0) is 0 Å². The van der Waals surface area contributed by atoms with Crippen LogP contribution in [0.25, 0.3) is 32.3 Å². The van der Waals surface area contributed by atoms with Crippen molar-refractivity contribution in [2.45, 2.75) is 41.5 Å². The summed E-state index contributed by atoms with van der Waals surface area (Å²) in [4.78, 5) is 0. The monoisotopic (exact) mass is 316 g/mol. The van der Waals surface area contributed by atoms with Gasteiger partial charge < -0.3 is 0 Å². The van der Waals surface area contributed by atoms with Gasteiger partial charge in [0.2, 0.25) is 0 Å². The minimum Gasteiger partial charge on any atom is -0.0683 e. The molecule has 0 aliphatic heterocycles. The standard InChI is InChI=1S/C20H16.2C2H6/c1-13-11-19-17-9-5-3-7-15(17)16-8-4-6-10-18(16)20(19)12-14(13)2;2*1-2/h3-12H,1-2H3;2*1-2H3. The van der Waals surface area contributed by atoms with Crippen molar-refractivity contribution in [1.82, 2.24) is 0 Å². The molecule has 4 rings (SSSR count). The van der Waals surface area contributed by atoms with E-state index in [-0.39, 0.29) is 0 Å². The van der Waals surface area contributed by atoms with E-state index in [2.05, 4.69) is 74.5 Å². The van der Waals surface area contributed by atoms with E-state index in [1.54, 1.807) is 0 Å². The molecule has 0 saturated heterocycles. The molecule has 0 unspecified atom stereocenters. The molecule has 0 aromatic heterocycles. The molecule has 4 aromatic rings. The van der Waals surface area contributed by atoms with E-state index in [9.17, 15) is 0 Å². The molecule has 0 heterocycles. The Balaban J connectivity index is 0.000000487. The number of fused-ring (bicyclic) bond motifs is 6. The topological polar surface area (TPSA) is 0 Å². The normalized spacial score (nSPS) is 10.1. The summed E-state index contributed by atoms with van der Waals surface area (Å²) in [5.74, 6) is 0. The first-order valence-corrected chi connectivity index (χ1v) is 9.06. The Morgan fingerprint density at radius 1 is 0.417 bits per heavy atom. The van der Waals surface area contributed by atoms with Crippen LogP contribution in [0.15, 0.2) is 60.7 Å². The molecule has 0 radical (unpaired) electrons. The highest BCUT2D eigenvalue weighted by molar-refractivity contribution is 6.25. The molecule has 0 spiro atoms. The van der Waals surface area contributed by atoms with E-state index in [0.717, 1.165) is 0 Å². The summed E-state index contributed by atoms with van der Waals surface area (Å²) in [6.07, 6.45) is 0. The van der Waals surface area contributed by atoms with Gasteiger partial charge in [-0.05, 0) is 57.3 Å². The summed E-state index contributed by atoms with van der Waals surface area (Å²) in [5, 5.41) is 8.12. The average molecular weight is 316 g/mol. The zero-order valence-corrected chi connectivity index (χ0v) is 15.8. The number of hydrogen-bond donors (Lipinski definition) is 0. The third kappa shape index (κ3) is 3.01. The second-order valence-corrected chi connectivity index (χ2v) is 5.57. The summed E-state index contributed by atoms with van der Waals surface area (Å²) in [7, 11) is 0.